The standard InChI is InChI=1S/2C17H15.C12H10Si.2ClH.Zr/c2*1-12-9-13(2)17(10-12)16-8-7-14-5-3-4-6-15(14)11-16;1-3-7-11(8-4-1)13-12-9-5-2-6-10-12;;;/h2*3-8,10-12H,1-2H3;1-10H;2*1H;/q;;;;;+2/p-2. The number of rotatable bonds is 6. The molecule has 0 aliphatic heterocycles. The van der Waals surface area contributed by atoms with Crippen molar-refractivity contribution in [1.82, 2.24) is 0 Å². The molecule has 0 saturated heterocycles. The maximum absolute atomic E-state index is 2.68. The number of hydrogen-bond donors (Lipinski definition) is 0. The van der Waals surface area contributed by atoms with Crippen molar-refractivity contribution in [2.75, 3.05) is 0 Å². The molecule has 2 unspecified atom stereocenters. The summed E-state index contributed by atoms with van der Waals surface area (Å²) in [5.74, 6) is 0.844. The van der Waals surface area contributed by atoms with Crippen LogP contribution in [-0.2, 0) is 20.4 Å². The molecule has 0 heterocycles. The van der Waals surface area contributed by atoms with E-state index in [1.807, 2.05) is 0 Å². The van der Waals surface area contributed by atoms with Crippen LogP contribution in [0.25, 0.3) is 32.7 Å². The molecular weight excluding hydrogens is 743 g/mol. The van der Waals surface area contributed by atoms with Gasteiger partial charge in [0.2, 0.25) is 0 Å². The Bertz CT molecular complexity index is 2220. The fraction of sp³-hybridized carbons (Fsp3) is 0.130. The molecule has 2 atom stereocenters. The van der Waals surface area contributed by atoms with Crippen molar-refractivity contribution >= 4 is 48.5 Å². The molecule has 0 saturated carbocycles. The van der Waals surface area contributed by atoms with Crippen LogP contribution in [0.5, 0.6) is 0 Å². The molecule has 0 N–H and O–H groups in total. The van der Waals surface area contributed by atoms with Crippen LogP contribution < -0.4 is 35.2 Å². The smallest absolute Gasteiger partial charge is 1.00 e. The van der Waals surface area contributed by atoms with Crippen molar-refractivity contribution in [3.63, 3.8) is 0 Å². The molecule has 0 amide bonds. The van der Waals surface area contributed by atoms with Crippen LogP contribution in [-0.4, -0.2) is 5.43 Å². The van der Waals surface area contributed by atoms with E-state index in [1.165, 1.54) is 55.0 Å². The van der Waals surface area contributed by atoms with Gasteiger partial charge in [0.1, 0.15) is 0 Å². The topological polar surface area (TPSA) is 0 Å². The summed E-state index contributed by atoms with van der Waals surface area (Å²) in [6.07, 6.45) is 5.19. The van der Waals surface area contributed by atoms with Crippen molar-refractivity contribution in [3.05, 3.63) is 187 Å². The fourth-order valence-corrected chi connectivity index (χ4v) is 32.1. The normalized spacial score (nSPS) is 16.8. The summed E-state index contributed by atoms with van der Waals surface area (Å²) in [4.78, 5) is 0. The quantitative estimate of drug-likeness (QED) is 0.215. The Hall–Kier alpha value is -3.52. The van der Waals surface area contributed by atoms with Gasteiger partial charge >= 0.3 is 295 Å². The Kier molecular flexibility index (Phi) is 11.2. The van der Waals surface area contributed by atoms with Crippen LogP contribution in [0.3, 0.4) is 0 Å². The Labute approximate surface area is 317 Å². The third kappa shape index (κ3) is 6.65. The van der Waals surface area contributed by atoms with E-state index in [4.69, 9.17) is 0 Å². The van der Waals surface area contributed by atoms with Gasteiger partial charge in [-0.2, -0.15) is 0 Å². The van der Waals surface area contributed by atoms with Crippen LogP contribution >= 0.6 is 0 Å². The Morgan fingerprint density at radius 1 is 0.440 bits per heavy atom. The molecule has 0 fully saturated rings. The SMILES string of the molecule is CC1=[C]([Zr+2]([C]2=C(C)C(c3ccc4ccccc4c3)=CC2C)=[Si](c2ccccc2)c2ccccc2)C(C)C=C1c1ccc2ccccc2c1.[Cl-].[Cl-]. The Balaban J connectivity index is 0.00000216. The second-order valence-corrected chi connectivity index (χ2v) is 26.5. The summed E-state index contributed by atoms with van der Waals surface area (Å²) in [7, 11) is 0. The first-order chi connectivity index (χ1) is 23.5. The van der Waals surface area contributed by atoms with Crippen molar-refractivity contribution < 1.29 is 45.2 Å². The van der Waals surface area contributed by atoms with Crippen LogP contribution in [0, 0.1) is 11.8 Å². The van der Waals surface area contributed by atoms with Crippen molar-refractivity contribution in [2.24, 2.45) is 11.8 Å². The molecule has 6 aromatic carbocycles. The molecule has 0 spiro atoms. The number of allylic oxidation sites excluding steroid dienone is 8. The summed E-state index contributed by atoms with van der Waals surface area (Å²) >= 11 is -2.68. The van der Waals surface area contributed by atoms with E-state index in [9.17, 15) is 0 Å². The van der Waals surface area contributed by atoms with Crippen molar-refractivity contribution in [2.45, 2.75) is 27.7 Å². The average molecular weight is 783 g/mol. The van der Waals surface area contributed by atoms with Crippen LogP contribution in [0.1, 0.15) is 38.8 Å². The van der Waals surface area contributed by atoms with Crippen LogP contribution in [0.4, 0.5) is 0 Å². The molecular formula is C46H40Cl2SiZr. The van der Waals surface area contributed by atoms with E-state index in [1.54, 1.807) is 16.9 Å². The number of hydrogen-bond acceptors (Lipinski definition) is 0. The first kappa shape index (κ1) is 36.3. The summed E-state index contributed by atoms with van der Waals surface area (Å²) < 4.78 is 3.58. The molecule has 8 rings (SSSR count). The zero-order chi connectivity index (χ0) is 32.8. The molecule has 0 nitrogen and oxygen atoms in total. The van der Waals surface area contributed by atoms with E-state index in [2.05, 4.69) is 185 Å². The molecule has 4 heteroatoms. The van der Waals surface area contributed by atoms with Gasteiger partial charge in [0, 0.05) is 0 Å². The van der Waals surface area contributed by atoms with Gasteiger partial charge in [-0.15, -0.1) is 0 Å². The van der Waals surface area contributed by atoms with Gasteiger partial charge in [0.25, 0.3) is 0 Å². The monoisotopic (exact) mass is 780 g/mol. The summed E-state index contributed by atoms with van der Waals surface area (Å²) in [6.45, 7) is 9.86. The molecule has 0 aromatic heterocycles. The molecule has 2 aliphatic carbocycles. The van der Waals surface area contributed by atoms with E-state index < -0.39 is 25.8 Å². The molecule has 6 aromatic rings. The third-order valence-corrected chi connectivity index (χ3v) is 30.6. The molecule has 0 bridgehead atoms. The molecule has 246 valence electrons. The van der Waals surface area contributed by atoms with Gasteiger partial charge in [-0.3, -0.25) is 0 Å². The predicted octanol–water partition coefficient (Wildman–Crippen LogP) is 4.74. The van der Waals surface area contributed by atoms with Gasteiger partial charge in [-0.1, -0.05) is 0 Å². The average Bonchev–Trinajstić information content (AvgIpc) is 3.60. The van der Waals surface area contributed by atoms with Gasteiger partial charge in [0.15, 0.2) is 0 Å². The molecule has 50 heavy (non-hydrogen) atoms. The largest absolute Gasteiger partial charge is 1.00 e. The summed E-state index contributed by atoms with van der Waals surface area (Å²) in [6, 6.07) is 54.8. The zero-order valence-electron chi connectivity index (χ0n) is 28.9. The first-order valence-electron chi connectivity index (χ1n) is 17.2. The van der Waals surface area contributed by atoms with E-state index >= 15 is 0 Å². The Morgan fingerprint density at radius 2 is 0.800 bits per heavy atom. The van der Waals surface area contributed by atoms with Crippen molar-refractivity contribution in [3.8, 4) is 0 Å². The number of halogens is 2. The zero-order valence-corrected chi connectivity index (χ0v) is 33.9. The van der Waals surface area contributed by atoms with E-state index in [0.29, 0.717) is 11.8 Å². The Morgan fingerprint density at radius 3 is 1.20 bits per heavy atom. The van der Waals surface area contributed by atoms with Gasteiger partial charge < -0.3 is 24.8 Å². The third-order valence-electron chi connectivity index (χ3n) is 10.4. The number of fused-ring (bicyclic) bond motifs is 2. The maximum atomic E-state index is 2.60. The summed E-state index contributed by atoms with van der Waals surface area (Å²) in [5, 5.41) is 8.35. The second-order valence-electron chi connectivity index (χ2n) is 13.4. The van der Waals surface area contributed by atoms with Crippen LogP contribution in [0.15, 0.2) is 175 Å². The minimum absolute atomic E-state index is 0. The van der Waals surface area contributed by atoms with E-state index in [0.717, 1.165) is 0 Å². The van der Waals surface area contributed by atoms with Gasteiger partial charge in [0.05, 0.1) is 0 Å². The number of benzene rings is 6. The maximum Gasteiger partial charge on any atom is -1.00 e. The molecule has 0 radical (unpaired) electrons. The fourth-order valence-electron chi connectivity index (χ4n) is 8.14. The van der Waals surface area contributed by atoms with E-state index in [-0.39, 0.29) is 24.8 Å². The second kappa shape index (κ2) is 15.4. The first-order valence-corrected chi connectivity index (χ1v) is 24.8. The molecule has 2 aliphatic rings. The predicted molar refractivity (Wildman–Crippen MR) is 205 cm³/mol. The van der Waals surface area contributed by atoms with Gasteiger partial charge in [-0.05, 0) is 0 Å². The summed E-state index contributed by atoms with van der Waals surface area (Å²) in [5.41, 5.74) is 7.56. The van der Waals surface area contributed by atoms with Crippen molar-refractivity contribution in [1.29, 1.82) is 0 Å². The van der Waals surface area contributed by atoms with Crippen LogP contribution in [0.2, 0.25) is 0 Å². The minimum Gasteiger partial charge on any atom is -1.00 e. The van der Waals surface area contributed by atoms with Gasteiger partial charge in [-0.25, -0.2) is 0 Å². The minimum atomic E-state index is -2.68.